The van der Waals surface area contributed by atoms with E-state index in [1.54, 1.807) is 0 Å². The zero-order valence-corrected chi connectivity index (χ0v) is 12.1. The Morgan fingerprint density at radius 1 is 1.24 bits per heavy atom. The van der Waals surface area contributed by atoms with Gasteiger partial charge < -0.3 is 15.0 Å². The maximum absolute atomic E-state index is 5.48. The molecule has 1 N–H and O–H groups in total. The molecule has 0 amide bonds. The summed E-state index contributed by atoms with van der Waals surface area (Å²) in [4.78, 5) is 2.55. The molecule has 1 rings (SSSR count). The quantitative estimate of drug-likeness (QED) is 0.740. The van der Waals surface area contributed by atoms with Crippen LogP contribution in [-0.4, -0.2) is 51.3 Å². The minimum absolute atomic E-state index is 0.372. The van der Waals surface area contributed by atoms with Gasteiger partial charge in [0, 0.05) is 25.1 Å². The van der Waals surface area contributed by atoms with E-state index in [1.165, 1.54) is 32.2 Å². The van der Waals surface area contributed by atoms with E-state index in [2.05, 4.69) is 31.1 Å². The summed E-state index contributed by atoms with van der Waals surface area (Å²) in [5, 5.41) is 3.45. The summed E-state index contributed by atoms with van der Waals surface area (Å²) in [7, 11) is 4.11. The Labute approximate surface area is 107 Å². The monoisotopic (exact) mass is 242 g/mol. The topological polar surface area (TPSA) is 24.5 Å². The minimum Gasteiger partial charge on any atom is -0.384 e. The smallest absolute Gasteiger partial charge is 0.0531 e. The van der Waals surface area contributed by atoms with Crippen LogP contribution < -0.4 is 5.32 Å². The Bertz CT molecular complexity index is 193. The van der Waals surface area contributed by atoms with Crippen LogP contribution in [-0.2, 0) is 4.74 Å². The summed E-state index contributed by atoms with van der Waals surface area (Å²) in [6, 6.07) is 0.721. The van der Waals surface area contributed by atoms with Crippen LogP contribution in [0.3, 0.4) is 0 Å². The van der Waals surface area contributed by atoms with E-state index in [0.717, 1.165) is 25.7 Å². The van der Waals surface area contributed by atoms with Gasteiger partial charge in [-0.1, -0.05) is 13.8 Å². The van der Waals surface area contributed by atoms with Crippen LogP contribution in [0, 0.1) is 5.41 Å². The van der Waals surface area contributed by atoms with E-state index in [-0.39, 0.29) is 0 Å². The number of piperidine rings is 1. The first-order valence-corrected chi connectivity index (χ1v) is 7.07. The molecule has 1 aliphatic heterocycles. The van der Waals surface area contributed by atoms with Crippen LogP contribution in [0.5, 0.6) is 0 Å². The fourth-order valence-corrected chi connectivity index (χ4v) is 3.18. The molecule has 0 spiro atoms. The molecular weight excluding hydrogens is 212 g/mol. The number of methoxy groups -OCH3 is 1. The molecule has 0 aromatic rings. The van der Waals surface area contributed by atoms with Crippen molar-refractivity contribution in [2.24, 2.45) is 5.41 Å². The first-order chi connectivity index (χ1) is 8.17. The van der Waals surface area contributed by atoms with Crippen LogP contribution in [0.15, 0.2) is 0 Å². The normalized spacial score (nSPS) is 20.1. The molecular formula is C14H30N2O. The molecule has 0 atom stereocenters. The van der Waals surface area contributed by atoms with Gasteiger partial charge in [-0.25, -0.2) is 0 Å². The van der Waals surface area contributed by atoms with E-state index in [1.807, 2.05) is 7.11 Å². The van der Waals surface area contributed by atoms with Crippen molar-refractivity contribution >= 4 is 0 Å². The summed E-state index contributed by atoms with van der Waals surface area (Å²) in [5.74, 6) is 0. The maximum Gasteiger partial charge on any atom is 0.0531 e. The molecule has 102 valence electrons. The standard InChI is InChI=1S/C14H30N2O/c1-5-13(6-2)16(3)11-14(12-17-4)7-9-15-10-8-14/h13,15H,5-12H2,1-4H3. The number of hydrogen-bond donors (Lipinski definition) is 1. The zero-order chi connectivity index (χ0) is 12.7. The maximum atomic E-state index is 5.48. The Kier molecular flexibility index (Phi) is 6.45. The second kappa shape index (κ2) is 7.34. The predicted molar refractivity (Wildman–Crippen MR) is 73.4 cm³/mol. The average molecular weight is 242 g/mol. The van der Waals surface area contributed by atoms with Crippen molar-refractivity contribution in [1.29, 1.82) is 0 Å². The van der Waals surface area contributed by atoms with Gasteiger partial charge in [-0.2, -0.15) is 0 Å². The van der Waals surface area contributed by atoms with E-state index < -0.39 is 0 Å². The van der Waals surface area contributed by atoms with Gasteiger partial charge in [0.05, 0.1) is 6.61 Å². The average Bonchev–Trinajstić information content (AvgIpc) is 2.31. The molecule has 17 heavy (non-hydrogen) atoms. The van der Waals surface area contributed by atoms with Gasteiger partial charge >= 0.3 is 0 Å². The van der Waals surface area contributed by atoms with Gasteiger partial charge in [0.25, 0.3) is 0 Å². The van der Waals surface area contributed by atoms with Crippen molar-refractivity contribution in [3.8, 4) is 0 Å². The Morgan fingerprint density at radius 3 is 2.29 bits per heavy atom. The molecule has 3 heteroatoms. The number of rotatable bonds is 7. The minimum atomic E-state index is 0.372. The van der Waals surface area contributed by atoms with Crippen LogP contribution in [0.25, 0.3) is 0 Å². The van der Waals surface area contributed by atoms with Crippen molar-refractivity contribution in [1.82, 2.24) is 10.2 Å². The van der Waals surface area contributed by atoms with Crippen LogP contribution in [0.4, 0.5) is 0 Å². The van der Waals surface area contributed by atoms with Crippen LogP contribution >= 0.6 is 0 Å². The molecule has 1 fully saturated rings. The SMILES string of the molecule is CCC(CC)N(C)CC1(COC)CCNCC1. The second-order valence-electron chi connectivity index (χ2n) is 5.57. The first-order valence-electron chi connectivity index (χ1n) is 7.07. The molecule has 0 aliphatic carbocycles. The van der Waals surface area contributed by atoms with Crippen molar-refractivity contribution in [3.63, 3.8) is 0 Å². The number of nitrogens with zero attached hydrogens (tertiary/aromatic N) is 1. The lowest BCUT2D eigenvalue weighted by Crippen LogP contribution is -2.48. The third-order valence-corrected chi connectivity index (χ3v) is 4.27. The summed E-state index contributed by atoms with van der Waals surface area (Å²) in [5.41, 5.74) is 0.372. The van der Waals surface area contributed by atoms with Crippen molar-refractivity contribution < 1.29 is 4.74 Å². The van der Waals surface area contributed by atoms with E-state index >= 15 is 0 Å². The lowest BCUT2D eigenvalue weighted by molar-refractivity contribution is 0.0176. The van der Waals surface area contributed by atoms with Gasteiger partial charge in [-0.05, 0) is 45.8 Å². The lowest BCUT2D eigenvalue weighted by atomic mass is 9.79. The van der Waals surface area contributed by atoms with Crippen LogP contribution in [0.1, 0.15) is 39.5 Å². The second-order valence-corrected chi connectivity index (χ2v) is 5.57. The van der Waals surface area contributed by atoms with Gasteiger partial charge in [0.2, 0.25) is 0 Å². The highest BCUT2D eigenvalue weighted by atomic mass is 16.5. The highest BCUT2D eigenvalue weighted by Gasteiger charge is 2.34. The molecule has 3 nitrogen and oxygen atoms in total. The van der Waals surface area contributed by atoms with Crippen LogP contribution in [0.2, 0.25) is 0 Å². The zero-order valence-electron chi connectivity index (χ0n) is 12.1. The molecule has 0 saturated carbocycles. The first kappa shape index (κ1) is 14.9. The predicted octanol–water partition coefficient (Wildman–Crippen LogP) is 2.12. The fourth-order valence-electron chi connectivity index (χ4n) is 3.18. The largest absolute Gasteiger partial charge is 0.384 e. The highest BCUT2D eigenvalue weighted by molar-refractivity contribution is 4.88. The van der Waals surface area contributed by atoms with Gasteiger partial charge in [0.15, 0.2) is 0 Å². The Morgan fingerprint density at radius 2 is 1.82 bits per heavy atom. The molecule has 1 aliphatic rings. The fraction of sp³-hybridized carbons (Fsp3) is 1.00. The summed E-state index contributed by atoms with van der Waals surface area (Å²) in [6.07, 6.45) is 4.97. The summed E-state index contributed by atoms with van der Waals surface area (Å²) < 4.78 is 5.48. The third-order valence-electron chi connectivity index (χ3n) is 4.27. The highest BCUT2D eigenvalue weighted by Crippen LogP contribution is 2.31. The third kappa shape index (κ3) is 4.23. The molecule has 1 saturated heterocycles. The molecule has 0 bridgehead atoms. The van der Waals surface area contributed by atoms with Crippen molar-refractivity contribution in [2.45, 2.75) is 45.6 Å². The van der Waals surface area contributed by atoms with Crippen molar-refractivity contribution in [2.75, 3.05) is 40.4 Å². The lowest BCUT2D eigenvalue weighted by Gasteiger charge is -2.42. The summed E-state index contributed by atoms with van der Waals surface area (Å²) >= 11 is 0. The van der Waals surface area contributed by atoms with Gasteiger partial charge in [-0.15, -0.1) is 0 Å². The van der Waals surface area contributed by atoms with E-state index in [0.29, 0.717) is 5.41 Å². The van der Waals surface area contributed by atoms with E-state index in [9.17, 15) is 0 Å². The van der Waals surface area contributed by atoms with Crippen molar-refractivity contribution in [3.05, 3.63) is 0 Å². The molecule has 0 aromatic carbocycles. The number of ether oxygens (including phenoxy) is 1. The van der Waals surface area contributed by atoms with E-state index in [4.69, 9.17) is 4.74 Å². The Hall–Kier alpha value is -0.120. The molecule has 1 heterocycles. The molecule has 0 radical (unpaired) electrons. The summed E-state index contributed by atoms with van der Waals surface area (Å²) in [6.45, 7) is 8.93. The Balaban J connectivity index is 2.58. The van der Waals surface area contributed by atoms with Gasteiger partial charge in [-0.3, -0.25) is 0 Å². The molecule has 0 aromatic heterocycles. The number of hydrogen-bond acceptors (Lipinski definition) is 3. The number of nitrogens with one attached hydrogen (secondary N) is 1. The van der Waals surface area contributed by atoms with Gasteiger partial charge in [0.1, 0.15) is 0 Å². The molecule has 0 unspecified atom stereocenters.